The third kappa shape index (κ3) is 2.77. The van der Waals surface area contributed by atoms with Crippen molar-refractivity contribution in [1.29, 1.82) is 0 Å². The van der Waals surface area contributed by atoms with Crippen molar-refractivity contribution in [2.24, 2.45) is 0 Å². The summed E-state index contributed by atoms with van der Waals surface area (Å²) >= 11 is 5.36. The minimum Gasteiger partial charge on any atom is -0.493 e. The van der Waals surface area contributed by atoms with Crippen LogP contribution in [0.3, 0.4) is 0 Å². The van der Waals surface area contributed by atoms with Crippen molar-refractivity contribution in [1.82, 2.24) is 0 Å². The van der Waals surface area contributed by atoms with Crippen molar-refractivity contribution in [3.63, 3.8) is 0 Å². The number of halogens is 1. The second kappa shape index (κ2) is 6.23. The van der Waals surface area contributed by atoms with Crippen LogP contribution in [0.1, 0.15) is 12.0 Å². The van der Waals surface area contributed by atoms with Crippen molar-refractivity contribution in [3.05, 3.63) is 52.6 Å². The van der Waals surface area contributed by atoms with Gasteiger partial charge >= 0.3 is 0 Å². The van der Waals surface area contributed by atoms with E-state index in [4.69, 9.17) is 9.84 Å². The first-order valence-corrected chi connectivity index (χ1v) is 9.21. The van der Waals surface area contributed by atoms with Gasteiger partial charge in [0.2, 0.25) is 0 Å². The van der Waals surface area contributed by atoms with Gasteiger partial charge in [0.1, 0.15) is 5.75 Å². The number of anilines is 2. The fraction of sp³-hybridized carbons (Fsp3) is 0.222. The molecule has 0 atom stereocenters. The number of benzene rings is 2. The van der Waals surface area contributed by atoms with Crippen molar-refractivity contribution in [2.75, 3.05) is 18.1 Å². The molecule has 4 rings (SSSR count). The highest BCUT2D eigenvalue weighted by atomic mass is 79.9. The molecule has 1 N–H and O–H groups in total. The molecule has 5 heteroatoms. The van der Waals surface area contributed by atoms with E-state index in [1.807, 2.05) is 0 Å². The average molecular weight is 390 g/mol. The second-order valence-corrected chi connectivity index (χ2v) is 7.53. The summed E-state index contributed by atoms with van der Waals surface area (Å²) in [7, 11) is 0. The number of hydrogen-bond acceptors (Lipinski definition) is 4. The van der Waals surface area contributed by atoms with E-state index < -0.39 is 0 Å². The van der Waals surface area contributed by atoms with E-state index in [0.717, 1.165) is 16.6 Å². The lowest BCUT2D eigenvalue weighted by molar-refractivity contribution is 0.233. The van der Waals surface area contributed by atoms with E-state index in [2.05, 4.69) is 63.4 Å². The molecule has 2 heterocycles. The predicted octanol–water partition coefficient (Wildman–Crippen LogP) is 4.88. The highest BCUT2D eigenvalue weighted by Gasteiger charge is 2.27. The van der Waals surface area contributed by atoms with Crippen LogP contribution in [0.25, 0.3) is 0 Å². The Balaban J connectivity index is 1.76. The lowest BCUT2D eigenvalue weighted by Gasteiger charge is -2.34. The summed E-state index contributed by atoms with van der Waals surface area (Å²) < 4.78 is 6.89. The van der Waals surface area contributed by atoms with Crippen LogP contribution in [-0.2, 0) is 6.42 Å². The number of aliphatic hydroxyl groups is 1. The van der Waals surface area contributed by atoms with E-state index in [9.17, 15) is 0 Å². The molecule has 0 radical (unpaired) electrons. The molecule has 0 unspecified atom stereocenters. The first-order chi connectivity index (χ1) is 11.3. The highest BCUT2D eigenvalue weighted by molar-refractivity contribution is 9.10. The molecule has 2 aliphatic heterocycles. The van der Waals surface area contributed by atoms with Gasteiger partial charge in [-0.15, -0.1) is 0 Å². The topological polar surface area (TPSA) is 32.7 Å². The predicted molar refractivity (Wildman–Crippen MR) is 96.9 cm³/mol. The van der Waals surface area contributed by atoms with E-state index >= 15 is 0 Å². The van der Waals surface area contributed by atoms with Crippen LogP contribution in [0.2, 0.25) is 0 Å². The monoisotopic (exact) mass is 389 g/mol. The van der Waals surface area contributed by atoms with Crippen molar-refractivity contribution in [3.8, 4) is 5.75 Å². The molecule has 3 nitrogen and oxygen atoms in total. The van der Waals surface area contributed by atoms with Gasteiger partial charge in [-0.2, -0.15) is 0 Å². The summed E-state index contributed by atoms with van der Waals surface area (Å²) in [6, 6.07) is 10.6. The molecule has 0 bridgehead atoms. The minimum atomic E-state index is 0.158. The summed E-state index contributed by atoms with van der Waals surface area (Å²) in [6.07, 6.45) is 5.91. The minimum absolute atomic E-state index is 0.158. The van der Waals surface area contributed by atoms with Crippen LogP contribution in [-0.4, -0.2) is 18.3 Å². The highest BCUT2D eigenvalue weighted by Crippen LogP contribution is 2.52. The molecule has 0 saturated carbocycles. The van der Waals surface area contributed by atoms with E-state index in [0.29, 0.717) is 13.0 Å². The van der Waals surface area contributed by atoms with Gasteiger partial charge in [-0.25, -0.2) is 0 Å². The van der Waals surface area contributed by atoms with Crippen molar-refractivity contribution in [2.45, 2.75) is 22.6 Å². The fourth-order valence-electron chi connectivity index (χ4n) is 2.93. The zero-order valence-electron chi connectivity index (χ0n) is 12.5. The van der Waals surface area contributed by atoms with Gasteiger partial charge in [-0.3, -0.25) is 0 Å². The molecule has 0 fully saturated rings. The Hall–Kier alpha value is -1.43. The first kappa shape index (κ1) is 15.1. The number of aliphatic hydroxyl groups excluding tert-OH is 1. The molecule has 0 spiro atoms. The largest absolute Gasteiger partial charge is 0.493 e. The molecule has 2 aromatic carbocycles. The summed E-state index contributed by atoms with van der Waals surface area (Å²) in [6.45, 7) is 0.702. The summed E-state index contributed by atoms with van der Waals surface area (Å²) in [5.41, 5.74) is 3.75. The van der Waals surface area contributed by atoms with Gasteiger partial charge in [-0.1, -0.05) is 33.8 Å². The molecule has 0 saturated heterocycles. The number of nitrogens with zero attached hydrogens (tertiary/aromatic N) is 1. The Morgan fingerprint density at radius 3 is 3.00 bits per heavy atom. The average Bonchev–Trinajstić information content (AvgIpc) is 2.56. The van der Waals surface area contributed by atoms with Gasteiger partial charge in [0.25, 0.3) is 0 Å². The maximum absolute atomic E-state index is 8.91. The second-order valence-electron chi connectivity index (χ2n) is 5.53. The summed E-state index contributed by atoms with van der Waals surface area (Å²) in [4.78, 5) is 4.73. The summed E-state index contributed by atoms with van der Waals surface area (Å²) in [5, 5.41) is 8.91. The number of hydrogen-bond donors (Lipinski definition) is 1. The normalized spacial score (nSPS) is 14.4. The summed E-state index contributed by atoms with van der Waals surface area (Å²) in [5.74, 6) is 0.885. The lowest BCUT2D eigenvalue weighted by Crippen LogP contribution is -2.18. The Morgan fingerprint density at radius 2 is 2.13 bits per heavy atom. The Morgan fingerprint density at radius 1 is 1.22 bits per heavy atom. The Labute approximate surface area is 148 Å². The first-order valence-electron chi connectivity index (χ1n) is 7.60. The quantitative estimate of drug-likeness (QED) is 0.755. The third-order valence-corrected chi connectivity index (χ3v) is 5.52. The standard InChI is InChI=1S/C18H16BrNO2S/c19-13-4-5-16-15(10-13)20-6-1-3-12-9-14(22-8-2-7-21)11-17(23-16)18(12)20/h1,4-6,9-11,21H,2-3,7-8H2. The zero-order chi connectivity index (χ0) is 15.8. The van der Waals surface area contributed by atoms with Gasteiger partial charge in [0.05, 0.1) is 18.0 Å². The van der Waals surface area contributed by atoms with Crippen LogP contribution >= 0.6 is 27.7 Å². The van der Waals surface area contributed by atoms with Gasteiger partial charge in [0.15, 0.2) is 0 Å². The third-order valence-electron chi connectivity index (χ3n) is 3.93. The fourth-order valence-corrected chi connectivity index (χ4v) is 4.41. The lowest BCUT2D eigenvalue weighted by atomic mass is 10.0. The molecule has 118 valence electrons. The van der Waals surface area contributed by atoms with Crippen LogP contribution in [0.15, 0.2) is 56.9 Å². The SMILES string of the molecule is OCCCOc1cc2c3c(c1)Sc1ccc(Br)cc1N3C=CC2. The van der Waals surface area contributed by atoms with Crippen molar-refractivity contribution >= 4 is 39.1 Å². The van der Waals surface area contributed by atoms with Gasteiger partial charge in [0, 0.05) is 33.5 Å². The molecule has 0 aliphatic carbocycles. The number of allylic oxidation sites excluding steroid dienone is 1. The van der Waals surface area contributed by atoms with Crippen LogP contribution in [0.5, 0.6) is 5.75 Å². The van der Waals surface area contributed by atoms with Crippen molar-refractivity contribution < 1.29 is 9.84 Å². The van der Waals surface area contributed by atoms with Gasteiger partial charge < -0.3 is 14.7 Å². The molecule has 2 aliphatic rings. The van der Waals surface area contributed by atoms with Crippen LogP contribution in [0.4, 0.5) is 11.4 Å². The molecule has 23 heavy (non-hydrogen) atoms. The number of rotatable bonds is 4. The van der Waals surface area contributed by atoms with E-state index in [1.165, 1.54) is 26.7 Å². The smallest absolute Gasteiger partial charge is 0.120 e. The molecule has 0 aromatic heterocycles. The molecular formula is C18H16BrNO2S. The molecule has 0 amide bonds. The molecule has 2 aromatic rings. The van der Waals surface area contributed by atoms with Crippen LogP contribution in [0, 0.1) is 0 Å². The molecular weight excluding hydrogens is 374 g/mol. The number of ether oxygens (including phenoxy) is 1. The van der Waals surface area contributed by atoms with Crippen LogP contribution < -0.4 is 9.64 Å². The van der Waals surface area contributed by atoms with Gasteiger partial charge in [-0.05, 0) is 42.3 Å². The Kier molecular flexibility index (Phi) is 4.09. The Bertz CT molecular complexity index is 791. The van der Waals surface area contributed by atoms with E-state index in [-0.39, 0.29) is 6.61 Å². The zero-order valence-corrected chi connectivity index (χ0v) is 14.9. The maximum atomic E-state index is 8.91. The maximum Gasteiger partial charge on any atom is 0.120 e. The van der Waals surface area contributed by atoms with E-state index in [1.54, 1.807) is 11.8 Å². The number of fused-ring (bicyclic) bond motifs is 2.